The van der Waals surface area contributed by atoms with E-state index in [2.05, 4.69) is 5.32 Å². The van der Waals surface area contributed by atoms with E-state index in [-0.39, 0.29) is 12.5 Å². The Morgan fingerprint density at radius 2 is 2.20 bits per heavy atom. The fraction of sp³-hybridized carbons (Fsp3) is 0.833. The molecule has 2 atom stereocenters. The highest BCUT2D eigenvalue weighted by Gasteiger charge is 2.06. The highest BCUT2D eigenvalue weighted by Crippen LogP contribution is 1.78. The van der Waals surface area contributed by atoms with Crippen molar-refractivity contribution in [1.82, 2.24) is 5.32 Å². The average molecular weight is 146 g/mol. The smallest absolute Gasteiger partial charge is 0.236 e. The van der Waals surface area contributed by atoms with Crippen LogP contribution in [0.25, 0.3) is 0 Å². The van der Waals surface area contributed by atoms with Gasteiger partial charge in [0.2, 0.25) is 5.91 Å². The lowest BCUT2D eigenvalue weighted by atomic mass is 10.3. The first kappa shape index (κ1) is 9.39. The summed E-state index contributed by atoms with van der Waals surface area (Å²) in [6.07, 6.45) is -0.511. The molecule has 0 aromatic heterocycles. The number of amides is 1. The minimum Gasteiger partial charge on any atom is -0.392 e. The van der Waals surface area contributed by atoms with Crippen LogP contribution in [0.2, 0.25) is 0 Å². The number of hydrogen-bond acceptors (Lipinski definition) is 3. The van der Waals surface area contributed by atoms with E-state index in [1.54, 1.807) is 13.8 Å². The molecule has 1 amide bonds. The zero-order chi connectivity index (χ0) is 8.15. The fourth-order valence-electron chi connectivity index (χ4n) is 0.409. The van der Waals surface area contributed by atoms with Gasteiger partial charge in [0.05, 0.1) is 12.1 Å². The first-order valence-corrected chi connectivity index (χ1v) is 3.25. The Balaban J connectivity index is 3.40. The van der Waals surface area contributed by atoms with Crippen molar-refractivity contribution in [3.63, 3.8) is 0 Å². The van der Waals surface area contributed by atoms with Crippen LogP contribution in [0.3, 0.4) is 0 Å². The summed E-state index contributed by atoms with van der Waals surface area (Å²) in [4.78, 5) is 10.7. The second-order valence-corrected chi connectivity index (χ2v) is 2.38. The van der Waals surface area contributed by atoms with Crippen LogP contribution >= 0.6 is 0 Å². The standard InChI is InChI=1S/C6H14N2O2/c1-4(9)3-8-6(10)5(2)7/h4-5,9H,3,7H2,1-2H3,(H,8,10)/t4-,5-/m1/s1. The zero-order valence-electron chi connectivity index (χ0n) is 6.29. The highest BCUT2D eigenvalue weighted by atomic mass is 16.3. The van der Waals surface area contributed by atoms with E-state index in [1.807, 2.05) is 0 Å². The van der Waals surface area contributed by atoms with E-state index in [4.69, 9.17) is 10.8 Å². The van der Waals surface area contributed by atoms with Crippen LogP contribution in [-0.4, -0.2) is 29.7 Å². The monoisotopic (exact) mass is 146 g/mol. The van der Waals surface area contributed by atoms with Crippen LogP contribution in [-0.2, 0) is 4.79 Å². The molecule has 0 spiro atoms. The van der Waals surface area contributed by atoms with Crippen molar-refractivity contribution in [2.45, 2.75) is 26.0 Å². The van der Waals surface area contributed by atoms with Gasteiger partial charge in [0, 0.05) is 6.54 Å². The molecular formula is C6H14N2O2. The van der Waals surface area contributed by atoms with Crippen LogP contribution < -0.4 is 11.1 Å². The molecule has 0 radical (unpaired) electrons. The Morgan fingerprint density at radius 3 is 2.50 bits per heavy atom. The molecule has 0 rings (SSSR count). The molecule has 0 aliphatic heterocycles. The van der Waals surface area contributed by atoms with E-state index in [9.17, 15) is 4.79 Å². The van der Waals surface area contributed by atoms with Crippen molar-refractivity contribution < 1.29 is 9.90 Å². The second kappa shape index (κ2) is 4.24. The number of hydrogen-bond donors (Lipinski definition) is 3. The van der Waals surface area contributed by atoms with E-state index < -0.39 is 12.1 Å². The molecule has 4 nitrogen and oxygen atoms in total. The third-order valence-electron chi connectivity index (χ3n) is 0.985. The lowest BCUT2D eigenvalue weighted by Crippen LogP contribution is -2.41. The van der Waals surface area contributed by atoms with Crippen molar-refractivity contribution in [2.24, 2.45) is 5.73 Å². The number of carbonyl (C=O) groups excluding carboxylic acids is 1. The molecule has 0 bridgehead atoms. The van der Waals surface area contributed by atoms with Crippen molar-refractivity contribution in [3.8, 4) is 0 Å². The minimum absolute atomic E-state index is 0.235. The molecule has 60 valence electrons. The number of aliphatic hydroxyl groups is 1. The maximum Gasteiger partial charge on any atom is 0.236 e. The molecule has 4 N–H and O–H groups in total. The maximum absolute atomic E-state index is 10.7. The summed E-state index contributed by atoms with van der Waals surface area (Å²) in [5.74, 6) is -0.235. The summed E-state index contributed by atoms with van der Waals surface area (Å²) in [5, 5.41) is 11.2. The van der Waals surface area contributed by atoms with Crippen LogP contribution in [0.15, 0.2) is 0 Å². The van der Waals surface area contributed by atoms with E-state index in [1.165, 1.54) is 0 Å². The number of nitrogens with two attached hydrogens (primary N) is 1. The molecule has 0 aliphatic carbocycles. The molecule has 0 fully saturated rings. The molecule has 4 heteroatoms. The van der Waals surface area contributed by atoms with Crippen LogP contribution in [0.5, 0.6) is 0 Å². The predicted molar refractivity (Wildman–Crippen MR) is 38.3 cm³/mol. The summed E-state index contributed by atoms with van der Waals surface area (Å²) >= 11 is 0. The Labute approximate surface area is 60.4 Å². The molecule has 0 aromatic carbocycles. The summed E-state index contributed by atoms with van der Waals surface area (Å²) in [7, 11) is 0. The molecular weight excluding hydrogens is 132 g/mol. The van der Waals surface area contributed by atoms with Gasteiger partial charge in [0.15, 0.2) is 0 Å². The van der Waals surface area contributed by atoms with Crippen molar-refractivity contribution >= 4 is 5.91 Å². The van der Waals surface area contributed by atoms with Gasteiger partial charge in [-0.15, -0.1) is 0 Å². The average Bonchev–Trinajstić information content (AvgIpc) is 1.82. The van der Waals surface area contributed by atoms with Crippen molar-refractivity contribution in [3.05, 3.63) is 0 Å². The number of carbonyl (C=O) groups is 1. The third kappa shape index (κ3) is 4.29. The molecule has 0 aromatic rings. The van der Waals surface area contributed by atoms with E-state index in [0.29, 0.717) is 0 Å². The van der Waals surface area contributed by atoms with Gasteiger partial charge < -0.3 is 16.2 Å². The normalized spacial score (nSPS) is 16.0. The molecule has 0 saturated carbocycles. The number of nitrogens with one attached hydrogen (secondary N) is 1. The topological polar surface area (TPSA) is 75.3 Å². The van der Waals surface area contributed by atoms with Gasteiger partial charge in [-0.2, -0.15) is 0 Å². The van der Waals surface area contributed by atoms with E-state index >= 15 is 0 Å². The second-order valence-electron chi connectivity index (χ2n) is 2.38. The summed E-state index contributed by atoms with van der Waals surface area (Å²) in [6, 6.07) is -0.501. The quantitative estimate of drug-likeness (QED) is 0.469. The van der Waals surface area contributed by atoms with E-state index in [0.717, 1.165) is 0 Å². The zero-order valence-corrected chi connectivity index (χ0v) is 6.29. The van der Waals surface area contributed by atoms with Crippen molar-refractivity contribution in [1.29, 1.82) is 0 Å². The number of rotatable bonds is 3. The molecule has 0 heterocycles. The minimum atomic E-state index is -0.511. The summed E-state index contributed by atoms with van der Waals surface area (Å²) in [6.45, 7) is 3.46. The molecule has 0 unspecified atom stereocenters. The van der Waals surface area contributed by atoms with Gasteiger partial charge >= 0.3 is 0 Å². The van der Waals surface area contributed by atoms with Gasteiger partial charge in [-0.05, 0) is 13.8 Å². The van der Waals surface area contributed by atoms with Crippen molar-refractivity contribution in [2.75, 3.05) is 6.54 Å². The Morgan fingerprint density at radius 1 is 1.70 bits per heavy atom. The first-order valence-electron chi connectivity index (χ1n) is 3.25. The van der Waals surface area contributed by atoms with Gasteiger partial charge in [-0.25, -0.2) is 0 Å². The largest absolute Gasteiger partial charge is 0.392 e. The molecule has 0 aliphatic rings. The SMILES string of the molecule is C[C@@H](O)CNC(=O)[C@@H](C)N. The fourth-order valence-corrected chi connectivity index (χ4v) is 0.409. The van der Waals surface area contributed by atoms with Gasteiger partial charge in [-0.3, -0.25) is 4.79 Å². The molecule has 0 saturated heterocycles. The lowest BCUT2D eigenvalue weighted by Gasteiger charge is -2.08. The summed E-state index contributed by atoms with van der Waals surface area (Å²) in [5.41, 5.74) is 5.23. The van der Waals surface area contributed by atoms with Crippen LogP contribution in [0, 0.1) is 0 Å². The first-order chi connectivity index (χ1) is 4.54. The Hall–Kier alpha value is -0.610. The third-order valence-corrected chi connectivity index (χ3v) is 0.985. The van der Waals surface area contributed by atoms with Crippen LogP contribution in [0.1, 0.15) is 13.8 Å². The van der Waals surface area contributed by atoms with Gasteiger partial charge in [0.1, 0.15) is 0 Å². The summed E-state index contributed by atoms with van der Waals surface area (Å²) < 4.78 is 0. The Bertz CT molecular complexity index is 112. The molecule has 10 heavy (non-hydrogen) atoms. The number of aliphatic hydroxyl groups excluding tert-OH is 1. The Kier molecular flexibility index (Phi) is 3.99. The van der Waals surface area contributed by atoms with Crippen LogP contribution in [0.4, 0.5) is 0 Å². The van der Waals surface area contributed by atoms with Gasteiger partial charge in [-0.1, -0.05) is 0 Å². The highest BCUT2D eigenvalue weighted by molar-refractivity contribution is 5.80. The van der Waals surface area contributed by atoms with Gasteiger partial charge in [0.25, 0.3) is 0 Å². The lowest BCUT2D eigenvalue weighted by molar-refractivity contribution is -0.122. The maximum atomic E-state index is 10.7. The predicted octanol–water partition coefficient (Wildman–Crippen LogP) is -1.17.